The van der Waals surface area contributed by atoms with Gasteiger partial charge in [0.25, 0.3) is 0 Å². The number of imidazole rings is 1. The van der Waals surface area contributed by atoms with Crippen molar-refractivity contribution in [2.75, 3.05) is 12.4 Å². The first-order valence-corrected chi connectivity index (χ1v) is 10.6. The molecule has 0 aliphatic rings. The molecule has 0 fully saturated rings. The van der Waals surface area contributed by atoms with Gasteiger partial charge in [-0.3, -0.25) is 9.59 Å². The molecule has 2 N–H and O–H groups in total. The van der Waals surface area contributed by atoms with Crippen molar-refractivity contribution in [1.82, 2.24) is 9.55 Å². The topological polar surface area (TPSA) is 111 Å². The van der Waals surface area contributed by atoms with Crippen LogP contribution in [0.2, 0.25) is 5.02 Å². The lowest BCUT2D eigenvalue weighted by molar-refractivity contribution is -0.144. The fourth-order valence-electron chi connectivity index (χ4n) is 2.86. The number of nitrogens with zero attached hydrogens (tertiary/aromatic N) is 3. The Kier molecular flexibility index (Phi) is 7.34. The van der Waals surface area contributed by atoms with E-state index in [-0.39, 0.29) is 17.0 Å². The lowest BCUT2D eigenvalue weighted by Gasteiger charge is -2.09. The van der Waals surface area contributed by atoms with E-state index in [9.17, 15) is 9.59 Å². The van der Waals surface area contributed by atoms with Crippen LogP contribution in [0.25, 0.3) is 11.0 Å². The Labute approximate surface area is 188 Å². The molecule has 1 aromatic heterocycles. The highest BCUT2D eigenvalue weighted by Crippen LogP contribution is 2.27. The van der Waals surface area contributed by atoms with Crippen molar-refractivity contribution < 1.29 is 14.3 Å². The standard InChI is InChI=1S/C22H19ClN4O3S/c1-14(25)17(10-24)20(28)12-30-21(29)13-31-22-26-18-9-16(23)7-8-19(18)27(22)11-15-5-3-2-4-6-15/h2-9H,11-13,25H2,1H3/b17-14-. The molecule has 0 aliphatic carbocycles. The van der Waals surface area contributed by atoms with Crippen LogP contribution in [-0.4, -0.2) is 33.7 Å². The van der Waals surface area contributed by atoms with Crippen molar-refractivity contribution in [3.63, 3.8) is 0 Å². The van der Waals surface area contributed by atoms with E-state index in [1.807, 2.05) is 41.0 Å². The number of halogens is 1. The summed E-state index contributed by atoms with van der Waals surface area (Å²) in [5.41, 5.74) is 8.06. The molecular weight excluding hydrogens is 436 g/mol. The Hall–Kier alpha value is -3.28. The first-order valence-electron chi connectivity index (χ1n) is 9.27. The number of carbonyl (C=O) groups is 2. The summed E-state index contributed by atoms with van der Waals surface area (Å²) in [5.74, 6) is -1.28. The van der Waals surface area contributed by atoms with Crippen LogP contribution >= 0.6 is 23.4 Å². The number of rotatable bonds is 8. The Bertz CT molecular complexity index is 1190. The number of nitriles is 1. The second kappa shape index (κ2) is 10.2. The van der Waals surface area contributed by atoms with Crippen LogP contribution in [0, 0.1) is 11.3 Å². The fourth-order valence-corrected chi connectivity index (χ4v) is 3.84. The van der Waals surface area contributed by atoms with Gasteiger partial charge >= 0.3 is 5.97 Å². The van der Waals surface area contributed by atoms with Gasteiger partial charge < -0.3 is 15.0 Å². The van der Waals surface area contributed by atoms with Gasteiger partial charge in [-0.05, 0) is 30.7 Å². The van der Waals surface area contributed by atoms with Gasteiger partial charge in [0.1, 0.15) is 11.6 Å². The first kappa shape index (κ1) is 22.4. The molecule has 0 aliphatic heterocycles. The molecule has 0 unspecified atom stereocenters. The SMILES string of the molecule is C/C(N)=C(\C#N)C(=O)COC(=O)CSc1nc2cc(Cl)ccc2n1Cc1ccccc1. The minimum Gasteiger partial charge on any atom is -0.457 e. The molecule has 7 nitrogen and oxygen atoms in total. The summed E-state index contributed by atoms with van der Waals surface area (Å²) in [4.78, 5) is 28.7. The maximum atomic E-state index is 12.2. The number of ether oxygens (including phenoxy) is 1. The number of nitrogens with two attached hydrogens (primary N) is 1. The van der Waals surface area contributed by atoms with Crippen molar-refractivity contribution >= 4 is 46.1 Å². The van der Waals surface area contributed by atoms with Gasteiger partial charge in [-0.2, -0.15) is 5.26 Å². The molecule has 0 atom stereocenters. The molecule has 1 heterocycles. The number of carbonyl (C=O) groups excluding carboxylic acids is 2. The number of esters is 1. The number of fused-ring (bicyclic) bond motifs is 1. The number of hydrogen-bond donors (Lipinski definition) is 1. The average molecular weight is 455 g/mol. The van der Waals surface area contributed by atoms with Gasteiger partial charge in [0, 0.05) is 10.7 Å². The summed E-state index contributed by atoms with van der Waals surface area (Å²) in [5, 5.41) is 10.1. The second-order valence-corrected chi connectivity index (χ2v) is 8.02. The Morgan fingerprint density at radius 2 is 2.00 bits per heavy atom. The second-order valence-electron chi connectivity index (χ2n) is 6.64. The predicted molar refractivity (Wildman–Crippen MR) is 119 cm³/mol. The molecule has 3 aromatic rings. The monoisotopic (exact) mass is 454 g/mol. The van der Waals surface area contributed by atoms with Crippen LogP contribution in [0.1, 0.15) is 12.5 Å². The summed E-state index contributed by atoms with van der Waals surface area (Å²) < 4.78 is 7.00. The van der Waals surface area contributed by atoms with Crippen LogP contribution in [0.15, 0.2) is 65.0 Å². The van der Waals surface area contributed by atoms with Gasteiger partial charge in [-0.25, -0.2) is 4.98 Å². The Balaban J connectivity index is 1.73. The number of Topliss-reactive ketones (excluding diaryl/α,β-unsaturated/α-hetero) is 1. The molecule has 0 saturated heterocycles. The molecule has 31 heavy (non-hydrogen) atoms. The molecule has 0 bridgehead atoms. The van der Waals surface area contributed by atoms with E-state index >= 15 is 0 Å². The van der Waals surface area contributed by atoms with Crippen molar-refractivity contribution in [3.05, 3.63) is 70.4 Å². The van der Waals surface area contributed by atoms with Crippen LogP contribution in [-0.2, 0) is 20.9 Å². The molecular formula is C22H19ClN4O3S. The van der Waals surface area contributed by atoms with E-state index < -0.39 is 18.4 Å². The van der Waals surface area contributed by atoms with Crippen molar-refractivity contribution in [2.45, 2.75) is 18.6 Å². The lowest BCUT2D eigenvalue weighted by atomic mass is 10.1. The number of allylic oxidation sites excluding steroid dienone is 1. The zero-order valence-electron chi connectivity index (χ0n) is 16.7. The van der Waals surface area contributed by atoms with Crippen LogP contribution in [0.3, 0.4) is 0 Å². The molecule has 158 valence electrons. The zero-order valence-corrected chi connectivity index (χ0v) is 18.2. The average Bonchev–Trinajstić information content (AvgIpc) is 3.08. The summed E-state index contributed by atoms with van der Waals surface area (Å²) in [6.07, 6.45) is 0. The molecule has 2 aromatic carbocycles. The fraction of sp³-hybridized carbons (Fsp3) is 0.182. The van der Waals surface area contributed by atoms with Crippen LogP contribution < -0.4 is 5.73 Å². The highest BCUT2D eigenvalue weighted by Gasteiger charge is 2.17. The molecule has 0 amide bonds. The van der Waals surface area contributed by atoms with Crippen LogP contribution in [0.4, 0.5) is 0 Å². The predicted octanol–water partition coefficient (Wildman–Crippen LogP) is 3.70. The number of hydrogen-bond acceptors (Lipinski definition) is 7. The summed E-state index contributed by atoms with van der Waals surface area (Å²) in [6, 6.07) is 17.0. The highest BCUT2D eigenvalue weighted by atomic mass is 35.5. The highest BCUT2D eigenvalue weighted by molar-refractivity contribution is 7.99. The molecule has 0 radical (unpaired) electrons. The maximum Gasteiger partial charge on any atom is 0.316 e. The minimum atomic E-state index is -0.633. The third-order valence-corrected chi connectivity index (χ3v) is 5.51. The molecule has 3 rings (SSSR count). The number of ketones is 1. The summed E-state index contributed by atoms with van der Waals surface area (Å²) >= 11 is 7.30. The van der Waals surface area contributed by atoms with Crippen LogP contribution in [0.5, 0.6) is 0 Å². The van der Waals surface area contributed by atoms with E-state index in [1.165, 1.54) is 18.7 Å². The van der Waals surface area contributed by atoms with E-state index in [2.05, 4.69) is 4.98 Å². The van der Waals surface area contributed by atoms with E-state index in [4.69, 9.17) is 27.3 Å². The minimum absolute atomic E-state index is 0.0493. The quantitative estimate of drug-likeness (QED) is 0.239. The number of benzene rings is 2. The number of thioether (sulfide) groups is 1. The third kappa shape index (κ3) is 5.66. The molecule has 0 spiro atoms. The van der Waals surface area contributed by atoms with Crippen molar-refractivity contribution in [1.29, 1.82) is 5.26 Å². The normalized spacial score (nSPS) is 11.6. The van der Waals surface area contributed by atoms with Gasteiger partial charge in [-0.15, -0.1) is 0 Å². The lowest BCUT2D eigenvalue weighted by Crippen LogP contribution is -2.18. The van der Waals surface area contributed by atoms with Gasteiger partial charge in [-0.1, -0.05) is 53.7 Å². The summed E-state index contributed by atoms with van der Waals surface area (Å²) in [7, 11) is 0. The van der Waals surface area contributed by atoms with Gasteiger partial charge in [0.15, 0.2) is 11.8 Å². The van der Waals surface area contributed by atoms with E-state index in [1.54, 1.807) is 18.2 Å². The maximum absolute atomic E-state index is 12.2. The largest absolute Gasteiger partial charge is 0.457 e. The first-order chi connectivity index (χ1) is 14.9. The van der Waals surface area contributed by atoms with Gasteiger partial charge in [0.05, 0.1) is 23.3 Å². The van der Waals surface area contributed by atoms with E-state index in [0.29, 0.717) is 16.7 Å². The smallest absolute Gasteiger partial charge is 0.316 e. The Morgan fingerprint density at radius 3 is 2.68 bits per heavy atom. The molecule has 9 heteroatoms. The summed E-state index contributed by atoms with van der Waals surface area (Å²) in [6.45, 7) is 1.48. The third-order valence-electron chi connectivity index (χ3n) is 4.33. The Morgan fingerprint density at radius 1 is 1.26 bits per heavy atom. The van der Waals surface area contributed by atoms with Crippen molar-refractivity contribution in [3.8, 4) is 6.07 Å². The van der Waals surface area contributed by atoms with Gasteiger partial charge in [0.2, 0.25) is 5.78 Å². The van der Waals surface area contributed by atoms with E-state index in [0.717, 1.165) is 16.6 Å². The number of aromatic nitrogens is 2. The molecule has 0 saturated carbocycles. The zero-order chi connectivity index (χ0) is 22.4. The van der Waals surface area contributed by atoms with Crippen molar-refractivity contribution in [2.24, 2.45) is 5.73 Å².